The monoisotopic (exact) mass is 260 g/mol. The number of hydrogen-bond acceptors (Lipinski definition) is 2. The molecule has 0 spiro atoms. The third kappa shape index (κ3) is 3.23. The van der Waals surface area contributed by atoms with Gasteiger partial charge in [0.05, 0.1) is 5.56 Å². The summed E-state index contributed by atoms with van der Waals surface area (Å²) in [5.74, 6) is 0. The minimum atomic E-state index is -4.34. The maximum absolute atomic E-state index is 13.0. The second kappa shape index (κ2) is 6.20. The van der Waals surface area contributed by atoms with Gasteiger partial charge < -0.3 is 5.73 Å². The van der Waals surface area contributed by atoms with E-state index in [4.69, 9.17) is 5.73 Å². The van der Waals surface area contributed by atoms with Crippen molar-refractivity contribution in [1.82, 2.24) is 4.90 Å². The van der Waals surface area contributed by atoms with Gasteiger partial charge in [0.15, 0.2) is 0 Å². The summed E-state index contributed by atoms with van der Waals surface area (Å²) in [5, 5.41) is 0. The highest BCUT2D eigenvalue weighted by molar-refractivity contribution is 5.32. The number of nitrogens with two attached hydrogens (primary N) is 1. The summed E-state index contributed by atoms with van der Waals surface area (Å²) in [6.45, 7) is 5.36. The number of nitrogens with zero attached hydrogens (tertiary/aromatic N) is 1. The highest BCUT2D eigenvalue weighted by Crippen LogP contribution is 2.35. The Bertz CT molecular complexity index is 373. The van der Waals surface area contributed by atoms with Crippen molar-refractivity contribution in [1.29, 1.82) is 0 Å². The van der Waals surface area contributed by atoms with Crippen LogP contribution in [0, 0.1) is 0 Å². The minimum absolute atomic E-state index is 0.175. The van der Waals surface area contributed by atoms with Crippen LogP contribution in [-0.2, 0) is 6.18 Å². The maximum Gasteiger partial charge on any atom is 0.416 e. The van der Waals surface area contributed by atoms with Gasteiger partial charge in [-0.2, -0.15) is 13.2 Å². The first kappa shape index (κ1) is 15.0. The highest BCUT2D eigenvalue weighted by atomic mass is 19.4. The predicted octanol–water partition coefficient (Wildman–Crippen LogP) is 3.05. The lowest BCUT2D eigenvalue weighted by atomic mass is 9.98. The zero-order valence-electron chi connectivity index (χ0n) is 10.7. The number of rotatable bonds is 5. The molecule has 0 aromatic heterocycles. The average Bonchev–Trinajstić information content (AvgIpc) is 2.34. The molecule has 5 heteroatoms. The van der Waals surface area contributed by atoms with Crippen molar-refractivity contribution in [2.24, 2.45) is 5.73 Å². The zero-order valence-corrected chi connectivity index (χ0v) is 10.7. The van der Waals surface area contributed by atoms with E-state index in [-0.39, 0.29) is 12.1 Å². The number of alkyl halides is 3. The van der Waals surface area contributed by atoms with E-state index in [1.165, 1.54) is 12.1 Å². The average molecular weight is 260 g/mol. The van der Waals surface area contributed by atoms with Gasteiger partial charge in [0, 0.05) is 12.6 Å². The van der Waals surface area contributed by atoms with Crippen LogP contribution in [0.5, 0.6) is 0 Å². The van der Waals surface area contributed by atoms with Gasteiger partial charge in [0.2, 0.25) is 0 Å². The van der Waals surface area contributed by atoms with E-state index >= 15 is 0 Å². The van der Waals surface area contributed by atoms with Crippen LogP contribution in [0.3, 0.4) is 0 Å². The quantitative estimate of drug-likeness (QED) is 0.881. The van der Waals surface area contributed by atoms with E-state index in [0.29, 0.717) is 13.1 Å². The molecular weight excluding hydrogens is 241 g/mol. The van der Waals surface area contributed by atoms with Crippen LogP contribution >= 0.6 is 0 Å². The Morgan fingerprint density at radius 1 is 1.17 bits per heavy atom. The Balaban J connectivity index is 3.21. The highest BCUT2D eigenvalue weighted by Gasteiger charge is 2.35. The molecule has 0 saturated heterocycles. The van der Waals surface area contributed by atoms with Crippen molar-refractivity contribution in [2.75, 3.05) is 19.6 Å². The van der Waals surface area contributed by atoms with Crippen LogP contribution < -0.4 is 5.73 Å². The van der Waals surface area contributed by atoms with Gasteiger partial charge in [0.1, 0.15) is 0 Å². The van der Waals surface area contributed by atoms with Crippen LogP contribution in [0.25, 0.3) is 0 Å². The summed E-state index contributed by atoms with van der Waals surface area (Å²) < 4.78 is 38.9. The Hall–Kier alpha value is -1.07. The SMILES string of the molecule is CCN(CC)C(CN)c1ccccc1C(F)(F)F. The van der Waals surface area contributed by atoms with Crippen molar-refractivity contribution in [3.63, 3.8) is 0 Å². The van der Waals surface area contributed by atoms with Crippen molar-refractivity contribution in [3.05, 3.63) is 35.4 Å². The van der Waals surface area contributed by atoms with Crippen LogP contribution in [0.15, 0.2) is 24.3 Å². The normalized spacial score (nSPS) is 13.9. The summed E-state index contributed by atoms with van der Waals surface area (Å²) in [4.78, 5) is 1.94. The second-order valence-corrected chi connectivity index (χ2v) is 4.06. The van der Waals surface area contributed by atoms with Gasteiger partial charge in [-0.1, -0.05) is 32.0 Å². The Morgan fingerprint density at radius 2 is 1.72 bits per heavy atom. The molecule has 18 heavy (non-hydrogen) atoms. The minimum Gasteiger partial charge on any atom is -0.329 e. The molecule has 2 nitrogen and oxygen atoms in total. The molecule has 1 aromatic rings. The fraction of sp³-hybridized carbons (Fsp3) is 0.538. The van der Waals surface area contributed by atoms with Gasteiger partial charge in [-0.15, -0.1) is 0 Å². The first-order valence-electron chi connectivity index (χ1n) is 6.05. The molecule has 0 aliphatic carbocycles. The molecule has 0 aliphatic heterocycles. The summed E-state index contributed by atoms with van der Waals surface area (Å²) >= 11 is 0. The van der Waals surface area contributed by atoms with Gasteiger partial charge in [-0.3, -0.25) is 4.90 Å². The molecular formula is C13H19F3N2. The lowest BCUT2D eigenvalue weighted by molar-refractivity contribution is -0.138. The molecule has 0 heterocycles. The molecule has 0 fully saturated rings. The third-order valence-electron chi connectivity index (χ3n) is 3.10. The molecule has 102 valence electrons. The Kier molecular flexibility index (Phi) is 5.16. The van der Waals surface area contributed by atoms with Crippen molar-refractivity contribution >= 4 is 0 Å². The van der Waals surface area contributed by atoms with Gasteiger partial charge in [-0.05, 0) is 24.7 Å². The van der Waals surface area contributed by atoms with Crippen LogP contribution in [-0.4, -0.2) is 24.5 Å². The van der Waals surface area contributed by atoms with E-state index in [1.54, 1.807) is 6.07 Å². The first-order chi connectivity index (χ1) is 8.45. The molecule has 1 rings (SSSR count). The van der Waals surface area contributed by atoms with Gasteiger partial charge >= 0.3 is 6.18 Å². The number of likely N-dealkylation sites (N-methyl/N-ethyl adjacent to an activating group) is 1. The van der Waals surface area contributed by atoms with Gasteiger partial charge in [-0.25, -0.2) is 0 Å². The van der Waals surface area contributed by atoms with Gasteiger partial charge in [0.25, 0.3) is 0 Å². The fourth-order valence-corrected chi connectivity index (χ4v) is 2.18. The van der Waals surface area contributed by atoms with E-state index in [9.17, 15) is 13.2 Å². The summed E-state index contributed by atoms with van der Waals surface area (Å²) in [6, 6.07) is 5.26. The molecule has 0 bridgehead atoms. The largest absolute Gasteiger partial charge is 0.416 e. The molecule has 2 N–H and O–H groups in total. The number of hydrogen-bond donors (Lipinski definition) is 1. The summed E-state index contributed by atoms with van der Waals surface area (Å²) in [6.07, 6.45) is -4.34. The van der Waals surface area contributed by atoms with E-state index in [0.717, 1.165) is 6.07 Å². The third-order valence-corrected chi connectivity index (χ3v) is 3.10. The maximum atomic E-state index is 13.0. The van der Waals surface area contributed by atoms with Crippen LogP contribution in [0.1, 0.15) is 31.0 Å². The summed E-state index contributed by atoms with van der Waals surface area (Å²) in [5.41, 5.74) is 5.33. The van der Waals surface area contributed by atoms with Crippen molar-refractivity contribution in [2.45, 2.75) is 26.1 Å². The lowest BCUT2D eigenvalue weighted by Gasteiger charge is -2.30. The van der Waals surface area contributed by atoms with Crippen molar-refractivity contribution < 1.29 is 13.2 Å². The predicted molar refractivity (Wildman–Crippen MR) is 66.2 cm³/mol. The fourth-order valence-electron chi connectivity index (χ4n) is 2.18. The number of benzene rings is 1. The lowest BCUT2D eigenvalue weighted by Crippen LogP contribution is -2.34. The molecule has 0 saturated carbocycles. The van der Waals surface area contributed by atoms with Crippen LogP contribution in [0.2, 0.25) is 0 Å². The summed E-state index contributed by atoms with van der Waals surface area (Å²) in [7, 11) is 0. The van der Waals surface area contributed by atoms with E-state index < -0.39 is 17.8 Å². The Labute approximate surface area is 106 Å². The molecule has 1 atom stereocenters. The smallest absolute Gasteiger partial charge is 0.329 e. The molecule has 1 aromatic carbocycles. The van der Waals surface area contributed by atoms with Crippen molar-refractivity contribution in [3.8, 4) is 0 Å². The molecule has 1 unspecified atom stereocenters. The Morgan fingerprint density at radius 3 is 2.17 bits per heavy atom. The van der Waals surface area contributed by atoms with Crippen LogP contribution in [0.4, 0.5) is 13.2 Å². The second-order valence-electron chi connectivity index (χ2n) is 4.06. The zero-order chi connectivity index (χ0) is 13.8. The molecule has 0 amide bonds. The molecule has 0 aliphatic rings. The topological polar surface area (TPSA) is 29.3 Å². The van der Waals surface area contributed by atoms with E-state index in [2.05, 4.69) is 0 Å². The number of halogens is 3. The molecule has 0 radical (unpaired) electrons. The van der Waals surface area contributed by atoms with E-state index in [1.807, 2.05) is 18.7 Å². The standard InChI is InChI=1S/C13H19F3N2/c1-3-18(4-2)12(9-17)10-7-5-6-8-11(10)13(14,15)16/h5-8,12H,3-4,9,17H2,1-2H3. The first-order valence-corrected chi connectivity index (χ1v) is 6.05.